The molecule has 0 spiro atoms. The fraction of sp³-hybridized carbons (Fsp3) is 0.273. The Hall–Kier alpha value is -2.14. The van der Waals surface area contributed by atoms with Crippen LogP contribution in [0.3, 0.4) is 0 Å². The van der Waals surface area contributed by atoms with Gasteiger partial charge < -0.3 is 25.7 Å². The Balaban J connectivity index is 2.30. The third-order valence-corrected chi connectivity index (χ3v) is 3.13. The van der Waals surface area contributed by atoms with Gasteiger partial charge in [0, 0.05) is 0 Å². The number of hydrogen-bond donors (Lipinski definition) is 5. The molecule has 10 heteroatoms. The molecule has 1 aromatic carbocycles. The van der Waals surface area contributed by atoms with Crippen LogP contribution in [-0.4, -0.2) is 36.6 Å². The van der Waals surface area contributed by atoms with Crippen LogP contribution in [0.2, 0.25) is 0 Å². The van der Waals surface area contributed by atoms with Crippen LogP contribution in [0, 0.1) is 0 Å². The van der Waals surface area contributed by atoms with Crippen LogP contribution in [0.1, 0.15) is 15.9 Å². The summed E-state index contributed by atoms with van der Waals surface area (Å²) in [7, 11) is -0.931. The Morgan fingerprint density at radius 1 is 1.52 bits per heavy atom. The van der Waals surface area contributed by atoms with Crippen molar-refractivity contribution in [1.29, 1.82) is 0 Å². The van der Waals surface area contributed by atoms with Crippen LogP contribution in [0.5, 0.6) is 5.75 Å². The number of benzene rings is 1. The molecule has 0 unspecified atom stereocenters. The molecule has 1 aliphatic heterocycles. The van der Waals surface area contributed by atoms with Crippen molar-refractivity contribution >= 4 is 18.9 Å². The minimum absolute atomic E-state index is 0.138. The van der Waals surface area contributed by atoms with Crippen LogP contribution in [0.4, 0.5) is 0 Å². The summed E-state index contributed by atoms with van der Waals surface area (Å²) in [6.07, 6.45) is 0.338. The van der Waals surface area contributed by atoms with Gasteiger partial charge in [0.05, 0.1) is 12.5 Å². The van der Waals surface area contributed by atoms with Crippen LogP contribution >= 0.6 is 0 Å². The summed E-state index contributed by atoms with van der Waals surface area (Å²) in [5, 5.41) is 13.7. The van der Waals surface area contributed by atoms with Crippen LogP contribution in [0.15, 0.2) is 18.2 Å². The summed E-state index contributed by atoms with van der Waals surface area (Å²) in [6, 6.07) is 4.86. The van der Waals surface area contributed by atoms with E-state index in [0.717, 1.165) is 0 Å². The number of carbonyl (C=O) groups is 2. The third kappa shape index (κ3) is 3.14. The van der Waals surface area contributed by atoms with Gasteiger partial charge in [-0.2, -0.15) is 5.90 Å². The standard InChI is InChI=1S/C11H15BN4O5/c13-5-9(17)15-8-4-6-2-1-3-7(11(18)21-14)10(6)20-12(8)16-19/h1-3,8,16,19H,4-5,13-14H2,(H,15,17)/t8-/m0/s1. The highest BCUT2D eigenvalue weighted by molar-refractivity contribution is 6.52. The van der Waals surface area contributed by atoms with Crippen molar-refractivity contribution in [2.24, 2.45) is 11.6 Å². The Labute approximate surface area is 120 Å². The van der Waals surface area contributed by atoms with Crippen LogP contribution in [-0.2, 0) is 16.1 Å². The van der Waals surface area contributed by atoms with Gasteiger partial charge in [-0.05, 0) is 18.1 Å². The summed E-state index contributed by atoms with van der Waals surface area (Å²) >= 11 is 0. The van der Waals surface area contributed by atoms with Gasteiger partial charge in [0.15, 0.2) is 0 Å². The van der Waals surface area contributed by atoms with E-state index in [9.17, 15) is 9.59 Å². The number of carbonyl (C=O) groups excluding carboxylic acids is 2. The number of para-hydroxylation sites is 1. The molecule has 112 valence electrons. The summed E-state index contributed by atoms with van der Waals surface area (Å²) in [4.78, 5) is 27.2. The molecule has 0 bridgehead atoms. The van der Waals surface area contributed by atoms with E-state index in [1.54, 1.807) is 12.1 Å². The van der Waals surface area contributed by atoms with Crippen molar-refractivity contribution in [3.63, 3.8) is 0 Å². The van der Waals surface area contributed by atoms with Gasteiger partial charge in [-0.15, -0.1) is 0 Å². The van der Waals surface area contributed by atoms with Crippen LogP contribution < -0.4 is 27.0 Å². The normalized spacial score (nSPS) is 16.7. The highest BCUT2D eigenvalue weighted by atomic mass is 16.7. The summed E-state index contributed by atoms with van der Waals surface area (Å²) in [5.74, 6) is 3.44. The van der Waals surface area contributed by atoms with Crippen molar-refractivity contribution in [3.05, 3.63) is 29.3 Å². The molecule has 0 aromatic heterocycles. The molecule has 0 saturated carbocycles. The lowest BCUT2D eigenvalue weighted by atomic mass is 9.68. The molecule has 0 fully saturated rings. The number of rotatable bonds is 4. The molecule has 1 aliphatic rings. The largest absolute Gasteiger partial charge is 0.543 e. The summed E-state index contributed by atoms with van der Waals surface area (Å²) in [5.41, 5.74) is 6.05. The smallest absolute Gasteiger partial charge is 0.494 e. The Morgan fingerprint density at radius 3 is 2.90 bits per heavy atom. The lowest BCUT2D eigenvalue weighted by Crippen LogP contribution is -2.60. The van der Waals surface area contributed by atoms with Gasteiger partial charge in [-0.25, -0.2) is 10.2 Å². The molecule has 0 radical (unpaired) electrons. The first kappa shape index (κ1) is 15.3. The van der Waals surface area contributed by atoms with E-state index in [0.29, 0.717) is 12.0 Å². The van der Waals surface area contributed by atoms with E-state index in [4.69, 9.17) is 21.5 Å². The monoisotopic (exact) mass is 294 g/mol. The predicted molar refractivity (Wildman–Crippen MR) is 72.0 cm³/mol. The van der Waals surface area contributed by atoms with Crippen molar-refractivity contribution < 1.29 is 24.3 Å². The zero-order chi connectivity index (χ0) is 15.4. The molecule has 1 aromatic rings. The second-order valence-corrected chi connectivity index (χ2v) is 4.45. The number of amides is 1. The quantitative estimate of drug-likeness (QED) is 0.319. The molecular weight excluding hydrogens is 279 g/mol. The van der Waals surface area contributed by atoms with Crippen molar-refractivity contribution in [2.75, 3.05) is 6.54 Å². The molecule has 0 aliphatic carbocycles. The first-order valence-corrected chi connectivity index (χ1v) is 6.19. The number of nitrogens with two attached hydrogens (primary N) is 2. The van der Waals surface area contributed by atoms with Gasteiger partial charge >= 0.3 is 13.0 Å². The zero-order valence-electron chi connectivity index (χ0n) is 11.0. The highest BCUT2D eigenvalue weighted by Gasteiger charge is 2.38. The molecule has 2 rings (SSSR count). The van der Waals surface area contributed by atoms with Gasteiger partial charge in [0.25, 0.3) is 0 Å². The fourth-order valence-corrected chi connectivity index (χ4v) is 2.17. The van der Waals surface area contributed by atoms with Crippen molar-refractivity contribution in [3.8, 4) is 5.75 Å². The number of nitrogens with one attached hydrogen (secondary N) is 2. The summed E-state index contributed by atoms with van der Waals surface area (Å²) < 4.78 is 5.52. The fourth-order valence-electron chi connectivity index (χ4n) is 2.17. The lowest BCUT2D eigenvalue weighted by Gasteiger charge is -2.31. The molecule has 1 amide bonds. The Morgan fingerprint density at radius 2 is 2.29 bits per heavy atom. The average Bonchev–Trinajstić information content (AvgIpc) is 2.52. The first-order chi connectivity index (χ1) is 10.1. The van der Waals surface area contributed by atoms with Gasteiger partial charge in [0.1, 0.15) is 11.3 Å². The average molecular weight is 294 g/mol. The van der Waals surface area contributed by atoms with E-state index < -0.39 is 19.0 Å². The first-order valence-electron chi connectivity index (χ1n) is 6.19. The van der Waals surface area contributed by atoms with Crippen molar-refractivity contribution in [1.82, 2.24) is 10.7 Å². The van der Waals surface area contributed by atoms with E-state index in [1.165, 1.54) is 6.07 Å². The van der Waals surface area contributed by atoms with Gasteiger partial charge in [0.2, 0.25) is 5.91 Å². The number of fused-ring (bicyclic) bond motifs is 1. The second-order valence-electron chi connectivity index (χ2n) is 4.45. The Bertz CT molecular complexity index is 555. The molecule has 1 atom stereocenters. The van der Waals surface area contributed by atoms with Gasteiger partial charge in [-0.3, -0.25) is 4.79 Å². The van der Waals surface area contributed by atoms with Crippen molar-refractivity contribution in [2.45, 2.75) is 12.4 Å². The second kappa shape index (κ2) is 6.54. The SMILES string of the molecule is NCC(=O)N[C@H]1Cc2cccc(C(=O)ON)c2OB1NO. The minimum atomic E-state index is -0.931. The zero-order valence-corrected chi connectivity index (χ0v) is 11.0. The Kier molecular flexibility index (Phi) is 4.75. The van der Waals surface area contributed by atoms with Crippen LogP contribution in [0.25, 0.3) is 0 Å². The molecular formula is C11H15BN4O5. The van der Waals surface area contributed by atoms with E-state index in [2.05, 4.69) is 10.2 Å². The predicted octanol–water partition coefficient (Wildman–Crippen LogP) is -1.90. The molecule has 1 heterocycles. The minimum Gasteiger partial charge on any atom is -0.543 e. The maximum atomic E-state index is 11.6. The van der Waals surface area contributed by atoms with E-state index in [-0.39, 0.29) is 23.8 Å². The van der Waals surface area contributed by atoms with E-state index >= 15 is 0 Å². The number of hydrogen-bond acceptors (Lipinski definition) is 8. The highest BCUT2D eigenvalue weighted by Crippen LogP contribution is 2.30. The lowest BCUT2D eigenvalue weighted by molar-refractivity contribution is -0.120. The molecule has 0 saturated heterocycles. The molecule has 9 nitrogen and oxygen atoms in total. The molecule has 7 N–H and O–H groups in total. The maximum absolute atomic E-state index is 11.6. The third-order valence-electron chi connectivity index (χ3n) is 3.13. The van der Waals surface area contributed by atoms with E-state index in [1.807, 2.05) is 5.39 Å². The summed E-state index contributed by atoms with van der Waals surface area (Å²) in [6.45, 7) is -0.180. The maximum Gasteiger partial charge on any atom is 0.494 e. The molecule has 21 heavy (non-hydrogen) atoms. The topological polar surface area (TPSA) is 149 Å². The van der Waals surface area contributed by atoms with Gasteiger partial charge in [-0.1, -0.05) is 12.1 Å².